The highest BCUT2D eigenvalue weighted by molar-refractivity contribution is 7.97. The molecular formula is C22H26N2O7S. The number of anilines is 2. The smallest absolute Gasteiger partial charge is 0.270 e. The zero-order valence-electron chi connectivity index (χ0n) is 18.8. The van der Waals surface area contributed by atoms with E-state index in [9.17, 15) is 13.2 Å². The fraction of sp³-hybridized carbons (Fsp3) is 0.318. The summed E-state index contributed by atoms with van der Waals surface area (Å²) in [5.74, 6) is 0.918. The average Bonchev–Trinajstić information content (AvgIpc) is 2.78. The number of benzene rings is 2. The lowest BCUT2D eigenvalue weighted by atomic mass is 10.0. The SMILES string of the molecule is CCN1c2cc(OC)c(OC)cc2C(C)=C(C(=O)Nc2ccc(OC)cc2OC)S1(=O)=O. The standard InChI is InChI=1S/C22H26N2O7S/c1-7-24-17-12-20(31-6)19(30-5)11-15(17)13(2)21(32(24,26)27)22(25)23-16-9-8-14(28-3)10-18(16)29-4/h8-12H,7H2,1-6H3,(H,23,25). The summed E-state index contributed by atoms with van der Waals surface area (Å²) < 4.78 is 49.2. The van der Waals surface area contributed by atoms with Crippen molar-refractivity contribution in [2.45, 2.75) is 13.8 Å². The molecule has 0 spiro atoms. The highest BCUT2D eigenvalue weighted by Gasteiger charge is 2.39. The van der Waals surface area contributed by atoms with E-state index in [4.69, 9.17) is 18.9 Å². The van der Waals surface area contributed by atoms with E-state index in [-0.39, 0.29) is 11.4 Å². The maximum atomic E-state index is 13.4. The van der Waals surface area contributed by atoms with E-state index in [1.54, 1.807) is 44.2 Å². The van der Waals surface area contributed by atoms with E-state index in [1.807, 2.05) is 0 Å². The van der Waals surface area contributed by atoms with Crippen LogP contribution in [0.1, 0.15) is 19.4 Å². The normalized spacial score (nSPS) is 14.5. The monoisotopic (exact) mass is 462 g/mol. The van der Waals surface area contributed by atoms with Crippen molar-refractivity contribution in [2.24, 2.45) is 0 Å². The molecule has 2 aromatic rings. The van der Waals surface area contributed by atoms with Crippen LogP contribution in [0.2, 0.25) is 0 Å². The molecule has 0 aliphatic carbocycles. The number of hydrogen-bond donors (Lipinski definition) is 1. The van der Waals surface area contributed by atoms with Gasteiger partial charge in [-0.05, 0) is 37.6 Å². The molecule has 0 unspecified atom stereocenters. The van der Waals surface area contributed by atoms with Gasteiger partial charge in [0.2, 0.25) is 0 Å². The first-order valence-corrected chi connectivity index (χ1v) is 11.2. The lowest BCUT2D eigenvalue weighted by molar-refractivity contribution is -0.112. The Morgan fingerprint density at radius 1 is 0.938 bits per heavy atom. The van der Waals surface area contributed by atoms with E-state index in [0.717, 1.165) is 0 Å². The third kappa shape index (κ3) is 3.81. The molecule has 9 nitrogen and oxygen atoms in total. The molecule has 1 amide bonds. The molecule has 1 heterocycles. The summed E-state index contributed by atoms with van der Waals surface area (Å²) in [6, 6.07) is 8.08. The van der Waals surface area contributed by atoms with Crippen molar-refractivity contribution in [2.75, 3.05) is 44.6 Å². The maximum Gasteiger partial charge on any atom is 0.270 e. The summed E-state index contributed by atoms with van der Waals surface area (Å²) in [7, 11) is 1.78. The summed E-state index contributed by atoms with van der Waals surface area (Å²) in [6.07, 6.45) is 0. The first-order chi connectivity index (χ1) is 15.2. The minimum atomic E-state index is -4.13. The molecule has 32 heavy (non-hydrogen) atoms. The number of nitrogens with one attached hydrogen (secondary N) is 1. The molecular weight excluding hydrogens is 436 g/mol. The summed E-state index contributed by atoms with van der Waals surface area (Å²) in [4.78, 5) is 12.9. The average molecular weight is 463 g/mol. The minimum absolute atomic E-state index is 0.126. The Bertz CT molecular complexity index is 1190. The van der Waals surface area contributed by atoms with E-state index < -0.39 is 15.9 Å². The van der Waals surface area contributed by atoms with Crippen molar-refractivity contribution < 1.29 is 32.2 Å². The van der Waals surface area contributed by atoms with Gasteiger partial charge in [-0.25, -0.2) is 8.42 Å². The second-order valence-corrected chi connectivity index (χ2v) is 8.67. The van der Waals surface area contributed by atoms with Gasteiger partial charge in [0.15, 0.2) is 16.4 Å². The molecule has 172 valence electrons. The predicted molar refractivity (Wildman–Crippen MR) is 122 cm³/mol. The van der Waals surface area contributed by atoms with Crippen LogP contribution in [-0.4, -0.2) is 49.3 Å². The molecule has 0 saturated carbocycles. The van der Waals surface area contributed by atoms with Crippen LogP contribution in [0.4, 0.5) is 11.4 Å². The van der Waals surface area contributed by atoms with Gasteiger partial charge in [0.05, 0.1) is 39.8 Å². The molecule has 1 aliphatic heterocycles. The predicted octanol–water partition coefficient (Wildman–Crippen LogP) is 3.26. The van der Waals surface area contributed by atoms with Gasteiger partial charge >= 0.3 is 0 Å². The third-order valence-corrected chi connectivity index (χ3v) is 7.26. The number of nitrogens with zero attached hydrogens (tertiary/aromatic N) is 1. The fourth-order valence-electron chi connectivity index (χ4n) is 3.64. The van der Waals surface area contributed by atoms with E-state index in [1.165, 1.54) is 32.7 Å². The third-order valence-electron chi connectivity index (χ3n) is 5.21. The number of carbonyl (C=O) groups excluding carboxylic acids is 1. The Labute approximate surface area is 187 Å². The lowest BCUT2D eigenvalue weighted by Gasteiger charge is -2.32. The topological polar surface area (TPSA) is 103 Å². The van der Waals surface area contributed by atoms with E-state index >= 15 is 0 Å². The molecule has 1 N–H and O–H groups in total. The second-order valence-electron chi connectivity index (χ2n) is 6.87. The van der Waals surface area contributed by atoms with Gasteiger partial charge in [-0.15, -0.1) is 0 Å². The van der Waals surface area contributed by atoms with Crippen LogP contribution in [0.15, 0.2) is 35.2 Å². The number of methoxy groups -OCH3 is 4. The van der Waals surface area contributed by atoms with Gasteiger partial charge in [-0.2, -0.15) is 0 Å². The van der Waals surface area contributed by atoms with Gasteiger partial charge in [0, 0.05) is 24.2 Å². The highest BCUT2D eigenvalue weighted by atomic mass is 32.2. The van der Waals surface area contributed by atoms with E-state index in [2.05, 4.69) is 5.32 Å². The first-order valence-electron chi connectivity index (χ1n) is 9.76. The highest BCUT2D eigenvalue weighted by Crippen LogP contribution is 2.45. The molecule has 0 fully saturated rings. The molecule has 10 heteroatoms. The van der Waals surface area contributed by atoms with Crippen molar-refractivity contribution in [1.29, 1.82) is 0 Å². The van der Waals surface area contributed by atoms with E-state index in [0.29, 0.717) is 45.5 Å². The van der Waals surface area contributed by atoms with Gasteiger partial charge in [0.25, 0.3) is 15.9 Å². The van der Waals surface area contributed by atoms with Gasteiger partial charge in [0.1, 0.15) is 11.5 Å². The Hall–Kier alpha value is -3.40. The number of hydrogen-bond acceptors (Lipinski definition) is 7. The van der Waals surface area contributed by atoms with Crippen molar-refractivity contribution in [3.63, 3.8) is 0 Å². The van der Waals surface area contributed by atoms with Crippen LogP contribution in [-0.2, 0) is 14.8 Å². The van der Waals surface area contributed by atoms with Crippen LogP contribution < -0.4 is 28.6 Å². The molecule has 0 radical (unpaired) electrons. The van der Waals surface area contributed by atoms with Crippen LogP contribution in [0.5, 0.6) is 23.0 Å². The fourth-order valence-corrected chi connectivity index (χ4v) is 5.39. The molecule has 1 aliphatic rings. The number of allylic oxidation sites excluding steroid dienone is 1. The Morgan fingerprint density at radius 3 is 2.12 bits per heavy atom. The number of ether oxygens (including phenoxy) is 4. The van der Waals surface area contributed by atoms with Crippen LogP contribution in [0.3, 0.4) is 0 Å². The van der Waals surface area contributed by atoms with Crippen molar-refractivity contribution in [3.8, 4) is 23.0 Å². The number of rotatable bonds is 7. The summed E-state index contributed by atoms with van der Waals surface area (Å²) in [5, 5.41) is 2.66. The Balaban J connectivity index is 2.16. The Kier molecular flexibility index (Phi) is 6.54. The molecule has 2 aromatic carbocycles. The minimum Gasteiger partial charge on any atom is -0.497 e. The summed E-state index contributed by atoms with van der Waals surface area (Å²) in [5.41, 5.74) is 1.60. The van der Waals surface area contributed by atoms with Gasteiger partial charge in [-0.1, -0.05) is 0 Å². The van der Waals surface area contributed by atoms with Crippen LogP contribution in [0.25, 0.3) is 5.57 Å². The Morgan fingerprint density at radius 2 is 1.56 bits per heavy atom. The quantitative estimate of drug-likeness (QED) is 0.674. The number of amides is 1. The lowest BCUT2D eigenvalue weighted by Crippen LogP contribution is -2.39. The summed E-state index contributed by atoms with van der Waals surface area (Å²) in [6.45, 7) is 3.41. The number of fused-ring (bicyclic) bond motifs is 1. The first kappa shape index (κ1) is 23.3. The number of sulfonamides is 1. The van der Waals surface area contributed by atoms with Crippen LogP contribution in [0, 0.1) is 0 Å². The number of carbonyl (C=O) groups is 1. The second kappa shape index (κ2) is 8.99. The van der Waals surface area contributed by atoms with Gasteiger partial charge < -0.3 is 24.3 Å². The summed E-state index contributed by atoms with van der Waals surface area (Å²) >= 11 is 0. The van der Waals surface area contributed by atoms with Crippen molar-refractivity contribution in [3.05, 3.63) is 40.8 Å². The van der Waals surface area contributed by atoms with Crippen molar-refractivity contribution in [1.82, 2.24) is 0 Å². The van der Waals surface area contributed by atoms with Crippen molar-refractivity contribution >= 4 is 32.9 Å². The zero-order valence-corrected chi connectivity index (χ0v) is 19.6. The van der Waals surface area contributed by atoms with Crippen LogP contribution >= 0.6 is 0 Å². The largest absolute Gasteiger partial charge is 0.497 e. The zero-order chi connectivity index (χ0) is 23.6. The molecule has 0 bridgehead atoms. The molecule has 0 aromatic heterocycles. The maximum absolute atomic E-state index is 13.4. The molecule has 0 atom stereocenters. The van der Waals surface area contributed by atoms with Gasteiger partial charge in [-0.3, -0.25) is 9.10 Å². The molecule has 3 rings (SSSR count). The molecule has 0 saturated heterocycles.